The van der Waals surface area contributed by atoms with E-state index in [2.05, 4.69) is 31.9 Å². The molecular formula is C15H10Br2N2O5. The van der Waals surface area contributed by atoms with Crippen LogP contribution in [0.3, 0.4) is 0 Å². The van der Waals surface area contributed by atoms with Crippen LogP contribution < -0.4 is 5.73 Å². The summed E-state index contributed by atoms with van der Waals surface area (Å²) in [5.41, 5.74) is 6.49. The average Bonchev–Trinajstić information content (AvgIpc) is 2.56. The van der Waals surface area contributed by atoms with E-state index in [1.54, 1.807) is 0 Å². The Morgan fingerprint density at radius 2 is 1.62 bits per heavy atom. The van der Waals surface area contributed by atoms with E-state index in [0.29, 0.717) is 14.6 Å². The third-order valence-corrected chi connectivity index (χ3v) is 4.36. The molecule has 0 bridgehead atoms. The van der Waals surface area contributed by atoms with Crippen LogP contribution in [0.25, 0.3) is 0 Å². The fourth-order valence-corrected chi connectivity index (χ4v) is 2.96. The summed E-state index contributed by atoms with van der Waals surface area (Å²) in [7, 11) is 0. The Kier molecular flexibility index (Phi) is 5.68. The van der Waals surface area contributed by atoms with Gasteiger partial charge in [-0.25, -0.2) is 4.79 Å². The summed E-state index contributed by atoms with van der Waals surface area (Å²) >= 11 is 6.43. The van der Waals surface area contributed by atoms with Gasteiger partial charge in [0.1, 0.15) is 0 Å². The van der Waals surface area contributed by atoms with Crippen LogP contribution in [-0.4, -0.2) is 23.3 Å². The highest BCUT2D eigenvalue weighted by Gasteiger charge is 2.15. The number of anilines is 1. The summed E-state index contributed by atoms with van der Waals surface area (Å²) < 4.78 is 6.01. The zero-order valence-corrected chi connectivity index (χ0v) is 15.2. The van der Waals surface area contributed by atoms with Gasteiger partial charge in [0.15, 0.2) is 12.4 Å². The first-order valence-corrected chi connectivity index (χ1v) is 8.07. The molecule has 2 aromatic carbocycles. The van der Waals surface area contributed by atoms with Crippen LogP contribution in [0.15, 0.2) is 45.3 Å². The Balaban J connectivity index is 2.03. The molecule has 0 spiro atoms. The lowest BCUT2D eigenvalue weighted by Gasteiger charge is -2.07. The molecule has 9 heteroatoms. The molecule has 0 saturated heterocycles. The van der Waals surface area contributed by atoms with Gasteiger partial charge in [-0.3, -0.25) is 14.9 Å². The van der Waals surface area contributed by atoms with Crippen LogP contribution in [0.4, 0.5) is 11.4 Å². The second-order valence-electron chi connectivity index (χ2n) is 4.66. The SMILES string of the molecule is Nc1c(Br)cc(C(=O)OCC(=O)c2ccc([N+](=O)[O-])cc2)cc1Br. The van der Waals surface area contributed by atoms with Crippen LogP contribution in [0.2, 0.25) is 0 Å². The number of esters is 1. The highest BCUT2D eigenvalue weighted by molar-refractivity contribution is 9.11. The van der Waals surface area contributed by atoms with Crippen LogP contribution in [-0.2, 0) is 4.74 Å². The van der Waals surface area contributed by atoms with Gasteiger partial charge in [-0.15, -0.1) is 0 Å². The number of rotatable bonds is 5. The van der Waals surface area contributed by atoms with Crippen LogP contribution >= 0.6 is 31.9 Å². The van der Waals surface area contributed by atoms with E-state index < -0.39 is 23.3 Å². The van der Waals surface area contributed by atoms with Crippen molar-refractivity contribution < 1.29 is 19.2 Å². The van der Waals surface area contributed by atoms with Crippen molar-refractivity contribution in [3.63, 3.8) is 0 Å². The van der Waals surface area contributed by atoms with E-state index in [4.69, 9.17) is 10.5 Å². The number of ether oxygens (including phenoxy) is 1. The van der Waals surface area contributed by atoms with E-state index >= 15 is 0 Å². The topological polar surface area (TPSA) is 113 Å². The third kappa shape index (κ3) is 4.18. The number of Topliss-reactive ketones (excluding diaryl/α,β-unsaturated/α-hetero) is 1. The number of nitrogens with two attached hydrogens (primary N) is 1. The summed E-state index contributed by atoms with van der Waals surface area (Å²) in [6, 6.07) is 8.01. The number of nitrogens with zero attached hydrogens (tertiary/aromatic N) is 1. The number of nitro benzene ring substituents is 1. The molecule has 0 radical (unpaired) electrons. The van der Waals surface area contributed by atoms with Crippen molar-refractivity contribution in [2.45, 2.75) is 0 Å². The molecule has 0 aromatic heterocycles. The van der Waals surface area contributed by atoms with Crippen molar-refractivity contribution in [3.05, 3.63) is 66.6 Å². The summed E-state index contributed by atoms with van der Waals surface area (Å²) in [6.45, 7) is -0.476. The van der Waals surface area contributed by atoms with E-state index in [1.165, 1.54) is 36.4 Å². The Morgan fingerprint density at radius 1 is 1.08 bits per heavy atom. The van der Waals surface area contributed by atoms with Gasteiger partial charge in [0.2, 0.25) is 0 Å². The number of nitrogen functional groups attached to an aromatic ring is 1. The van der Waals surface area contributed by atoms with Crippen LogP contribution in [0.1, 0.15) is 20.7 Å². The highest BCUT2D eigenvalue weighted by Crippen LogP contribution is 2.29. The molecule has 0 aliphatic carbocycles. The first-order chi connectivity index (χ1) is 11.3. The molecule has 0 unspecified atom stereocenters. The molecule has 0 heterocycles. The molecule has 0 atom stereocenters. The fraction of sp³-hybridized carbons (Fsp3) is 0.0667. The molecule has 7 nitrogen and oxygen atoms in total. The zero-order valence-electron chi connectivity index (χ0n) is 12.0. The van der Waals surface area contributed by atoms with Gasteiger partial charge in [0.05, 0.1) is 16.2 Å². The van der Waals surface area contributed by atoms with E-state index in [9.17, 15) is 19.7 Å². The normalized spacial score (nSPS) is 10.2. The number of nitro groups is 1. The minimum absolute atomic E-state index is 0.125. The van der Waals surface area contributed by atoms with Gasteiger partial charge in [-0.1, -0.05) is 0 Å². The largest absolute Gasteiger partial charge is 0.454 e. The van der Waals surface area contributed by atoms with Crippen LogP contribution in [0, 0.1) is 10.1 Å². The number of benzene rings is 2. The predicted molar refractivity (Wildman–Crippen MR) is 94.0 cm³/mol. The standard InChI is InChI=1S/C15H10Br2N2O5/c16-11-5-9(6-12(17)14(11)18)15(21)24-7-13(20)8-1-3-10(4-2-8)19(22)23/h1-6H,7,18H2. The maximum absolute atomic E-state index is 12.0. The zero-order chi connectivity index (χ0) is 17.9. The molecule has 0 fully saturated rings. The van der Waals surface area contributed by atoms with Crippen molar-refractivity contribution in [2.24, 2.45) is 0 Å². The van der Waals surface area contributed by atoms with Gasteiger partial charge in [0, 0.05) is 26.6 Å². The number of hydrogen-bond donors (Lipinski definition) is 1. The summed E-state index contributed by atoms with van der Waals surface area (Å²) in [4.78, 5) is 34.0. The van der Waals surface area contributed by atoms with E-state index in [0.717, 1.165) is 0 Å². The number of halogens is 2. The summed E-state index contributed by atoms with van der Waals surface area (Å²) in [5, 5.41) is 10.6. The number of non-ortho nitro benzene ring substituents is 1. The Bertz CT molecular complexity index is 798. The molecule has 0 saturated carbocycles. The Hall–Kier alpha value is -2.26. The number of hydrogen-bond acceptors (Lipinski definition) is 6. The number of carbonyl (C=O) groups is 2. The molecule has 124 valence electrons. The van der Waals surface area contributed by atoms with E-state index in [-0.39, 0.29) is 16.8 Å². The molecule has 0 aliphatic rings. The molecule has 0 amide bonds. The fourth-order valence-electron chi connectivity index (χ4n) is 1.77. The maximum Gasteiger partial charge on any atom is 0.338 e. The average molecular weight is 458 g/mol. The lowest BCUT2D eigenvalue weighted by atomic mass is 10.1. The summed E-state index contributed by atoms with van der Waals surface area (Å²) in [6.07, 6.45) is 0. The van der Waals surface area contributed by atoms with E-state index in [1.807, 2.05) is 0 Å². The second-order valence-corrected chi connectivity index (χ2v) is 6.37. The predicted octanol–water partition coefficient (Wildman–Crippen LogP) is 3.74. The monoisotopic (exact) mass is 456 g/mol. The Morgan fingerprint density at radius 3 is 2.12 bits per heavy atom. The third-order valence-electron chi connectivity index (χ3n) is 3.05. The first-order valence-electron chi connectivity index (χ1n) is 6.49. The Labute approximate surface area is 153 Å². The number of ketones is 1. The maximum atomic E-state index is 12.0. The van der Waals surface area contributed by atoms with Crippen LogP contribution in [0.5, 0.6) is 0 Å². The number of carbonyl (C=O) groups excluding carboxylic acids is 2. The molecule has 2 aromatic rings. The van der Waals surface area contributed by atoms with Gasteiger partial charge in [0.25, 0.3) is 5.69 Å². The van der Waals surface area contributed by atoms with Crippen molar-refractivity contribution in [2.75, 3.05) is 12.3 Å². The lowest BCUT2D eigenvalue weighted by Crippen LogP contribution is -2.14. The molecule has 0 aliphatic heterocycles. The van der Waals surface area contributed by atoms with Gasteiger partial charge in [-0.2, -0.15) is 0 Å². The van der Waals surface area contributed by atoms with Gasteiger partial charge < -0.3 is 10.5 Å². The minimum atomic E-state index is -0.688. The highest BCUT2D eigenvalue weighted by atomic mass is 79.9. The first kappa shape index (κ1) is 18.1. The minimum Gasteiger partial charge on any atom is -0.454 e. The van der Waals surface area contributed by atoms with Crippen molar-refractivity contribution in [1.29, 1.82) is 0 Å². The molecule has 2 rings (SSSR count). The smallest absolute Gasteiger partial charge is 0.338 e. The molecule has 2 N–H and O–H groups in total. The second kappa shape index (κ2) is 7.54. The quantitative estimate of drug-likeness (QED) is 0.240. The van der Waals surface area contributed by atoms with Crippen molar-refractivity contribution >= 4 is 55.0 Å². The lowest BCUT2D eigenvalue weighted by molar-refractivity contribution is -0.384. The van der Waals surface area contributed by atoms with Gasteiger partial charge in [-0.05, 0) is 56.1 Å². The molecular weight excluding hydrogens is 448 g/mol. The van der Waals surface area contributed by atoms with Gasteiger partial charge >= 0.3 is 5.97 Å². The molecule has 24 heavy (non-hydrogen) atoms. The summed E-state index contributed by atoms with van der Waals surface area (Å²) in [5.74, 6) is -1.15. The van der Waals surface area contributed by atoms with Crippen molar-refractivity contribution in [3.8, 4) is 0 Å². The van der Waals surface area contributed by atoms with Crippen molar-refractivity contribution in [1.82, 2.24) is 0 Å².